The molecule has 0 aliphatic rings. The van der Waals surface area contributed by atoms with Gasteiger partial charge in [0.1, 0.15) is 24.8 Å². The highest BCUT2D eigenvalue weighted by Crippen LogP contribution is 2.23. The summed E-state index contributed by atoms with van der Waals surface area (Å²) in [5, 5.41) is 10.0. The molecule has 7 heteroatoms. The highest BCUT2D eigenvalue weighted by molar-refractivity contribution is 6.01. The zero-order chi connectivity index (χ0) is 17.5. The molecule has 2 rings (SSSR count). The molecule has 0 bridgehead atoms. The minimum Gasteiger partial charge on any atom is -0.459 e. The number of esters is 1. The van der Waals surface area contributed by atoms with E-state index in [0.717, 1.165) is 10.9 Å². The van der Waals surface area contributed by atoms with Gasteiger partial charge in [-0.3, -0.25) is 4.79 Å². The number of nitrogens with zero attached hydrogens (tertiary/aromatic N) is 2. The fourth-order valence-electron chi connectivity index (χ4n) is 2.28. The van der Waals surface area contributed by atoms with Crippen LogP contribution in [0.3, 0.4) is 0 Å². The first-order valence-electron chi connectivity index (χ1n) is 7.21. The lowest BCUT2D eigenvalue weighted by Gasteiger charge is -2.02. The number of hydrogen-bond donors (Lipinski definition) is 1. The van der Waals surface area contributed by atoms with Crippen molar-refractivity contribution < 1.29 is 19.1 Å². The van der Waals surface area contributed by atoms with E-state index in [0.29, 0.717) is 5.56 Å². The summed E-state index contributed by atoms with van der Waals surface area (Å²) in [4.78, 5) is 23.1. The maximum absolute atomic E-state index is 11.9. The van der Waals surface area contributed by atoms with Crippen molar-refractivity contribution >= 4 is 28.9 Å². The minimum absolute atomic E-state index is 0.00846. The molecular weight excluding hydrogens is 310 g/mol. The third-order valence-electron chi connectivity index (χ3n) is 3.31. The molecule has 1 aromatic heterocycles. The van der Waals surface area contributed by atoms with Crippen LogP contribution >= 0.6 is 0 Å². The number of methoxy groups -OCH3 is 1. The van der Waals surface area contributed by atoms with Crippen LogP contribution in [0, 0.1) is 11.3 Å². The first-order chi connectivity index (χ1) is 11.6. The van der Waals surface area contributed by atoms with Gasteiger partial charge in [-0.2, -0.15) is 5.26 Å². The lowest BCUT2D eigenvalue weighted by Crippen LogP contribution is -2.17. The van der Waals surface area contributed by atoms with Crippen LogP contribution in [0.1, 0.15) is 5.56 Å². The van der Waals surface area contributed by atoms with Gasteiger partial charge in [0, 0.05) is 29.8 Å². The number of carbonyl (C=O) groups is 2. The van der Waals surface area contributed by atoms with Crippen molar-refractivity contribution in [1.82, 2.24) is 4.57 Å². The van der Waals surface area contributed by atoms with Crippen molar-refractivity contribution in [2.24, 2.45) is 5.73 Å². The van der Waals surface area contributed by atoms with Crippen LogP contribution in [-0.4, -0.2) is 36.8 Å². The molecule has 0 atom stereocenters. The van der Waals surface area contributed by atoms with Gasteiger partial charge in [0.15, 0.2) is 0 Å². The molecule has 0 radical (unpaired) electrons. The van der Waals surface area contributed by atoms with Crippen LogP contribution in [-0.2, 0) is 25.6 Å². The zero-order valence-corrected chi connectivity index (χ0v) is 13.2. The summed E-state index contributed by atoms with van der Waals surface area (Å²) in [5.74, 6) is -1.20. The Morgan fingerprint density at radius 2 is 2.08 bits per heavy atom. The number of para-hydroxylation sites is 1. The summed E-state index contributed by atoms with van der Waals surface area (Å²) in [7, 11) is 1.49. The fourth-order valence-corrected chi connectivity index (χ4v) is 2.28. The Kier molecular flexibility index (Phi) is 5.71. The van der Waals surface area contributed by atoms with Gasteiger partial charge in [0.2, 0.25) is 5.91 Å². The summed E-state index contributed by atoms with van der Waals surface area (Å²) >= 11 is 0. The van der Waals surface area contributed by atoms with Crippen molar-refractivity contribution in [2.75, 3.05) is 20.3 Å². The van der Waals surface area contributed by atoms with E-state index in [1.165, 1.54) is 13.2 Å². The predicted octanol–water partition coefficient (Wildman–Crippen LogP) is 1.22. The van der Waals surface area contributed by atoms with E-state index in [4.69, 9.17) is 15.2 Å². The Hall–Kier alpha value is -3.11. The molecule has 2 N–H and O–H groups in total. The molecular formula is C17H17N3O4. The first kappa shape index (κ1) is 17.2. The molecule has 1 amide bonds. The van der Waals surface area contributed by atoms with Crippen LogP contribution in [0.2, 0.25) is 0 Å². The normalized spacial score (nSPS) is 11.2. The number of benzene rings is 1. The SMILES string of the molecule is COCCOC(=O)C(C#N)=Cc1cn(CC(N)=O)c2ccccc12. The Labute approximate surface area is 138 Å². The van der Waals surface area contributed by atoms with E-state index in [1.54, 1.807) is 10.8 Å². The molecule has 0 saturated heterocycles. The van der Waals surface area contributed by atoms with Crippen molar-refractivity contribution in [1.29, 1.82) is 5.26 Å². The van der Waals surface area contributed by atoms with Gasteiger partial charge < -0.3 is 19.8 Å². The second kappa shape index (κ2) is 7.94. The Bertz CT molecular complexity index is 830. The predicted molar refractivity (Wildman–Crippen MR) is 87.6 cm³/mol. The van der Waals surface area contributed by atoms with Gasteiger partial charge in [-0.05, 0) is 12.1 Å². The number of nitriles is 1. The van der Waals surface area contributed by atoms with E-state index in [-0.39, 0.29) is 25.3 Å². The molecule has 0 aliphatic carbocycles. The smallest absolute Gasteiger partial charge is 0.348 e. The molecule has 24 heavy (non-hydrogen) atoms. The monoisotopic (exact) mass is 327 g/mol. The molecule has 0 saturated carbocycles. The summed E-state index contributed by atoms with van der Waals surface area (Å²) in [6.07, 6.45) is 3.12. The lowest BCUT2D eigenvalue weighted by molar-refractivity contribution is -0.139. The lowest BCUT2D eigenvalue weighted by atomic mass is 10.1. The quantitative estimate of drug-likeness (QED) is 0.356. The van der Waals surface area contributed by atoms with E-state index in [2.05, 4.69) is 0 Å². The molecule has 0 spiro atoms. The number of primary amides is 1. The fraction of sp³-hybridized carbons (Fsp3) is 0.235. The number of nitrogens with two attached hydrogens (primary N) is 1. The molecule has 1 heterocycles. The summed E-state index contributed by atoms with van der Waals surface area (Å²) < 4.78 is 11.4. The van der Waals surface area contributed by atoms with E-state index < -0.39 is 11.9 Å². The Morgan fingerprint density at radius 1 is 1.33 bits per heavy atom. The number of ether oxygens (including phenoxy) is 2. The molecule has 0 aliphatic heterocycles. The molecule has 7 nitrogen and oxygen atoms in total. The Morgan fingerprint density at radius 3 is 2.75 bits per heavy atom. The van der Waals surface area contributed by atoms with Gasteiger partial charge >= 0.3 is 5.97 Å². The van der Waals surface area contributed by atoms with Crippen LogP contribution in [0.4, 0.5) is 0 Å². The number of hydrogen-bond acceptors (Lipinski definition) is 5. The zero-order valence-electron chi connectivity index (χ0n) is 13.2. The average molecular weight is 327 g/mol. The topological polar surface area (TPSA) is 107 Å². The van der Waals surface area contributed by atoms with Crippen LogP contribution in [0.15, 0.2) is 36.0 Å². The van der Waals surface area contributed by atoms with Gasteiger partial charge in [-0.15, -0.1) is 0 Å². The summed E-state index contributed by atoms with van der Waals surface area (Å²) in [6, 6.07) is 9.17. The molecule has 124 valence electrons. The Balaban J connectivity index is 2.38. The van der Waals surface area contributed by atoms with Crippen molar-refractivity contribution in [3.63, 3.8) is 0 Å². The number of amides is 1. The van der Waals surface area contributed by atoms with E-state index in [9.17, 15) is 14.9 Å². The maximum Gasteiger partial charge on any atom is 0.348 e. The highest BCUT2D eigenvalue weighted by atomic mass is 16.6. The molecule has 0 fully saturated rings. The standard InChI is InChI=1S/C17H17N3O4/c1-23-6-7-24-17(22)12(9-18)8-13-10-20(11-16(19)21)15-5-3-2-4-14(13)15/h2-5,8,10H,6-7,11H2,1H3,(H2,19,21). The second-order valence-electron chi connectivity index (χ2n) is 4.99. The number of aromatic nitrogens is 1. The maximum atomic E-state index is 11.9. The van der Waals surface area contributed by atoms with Gasteiger partial charge in [-0.1, -0.05) is 18.2 Å². The first-order valence-corrected chi connectivity index (χ1v) is 7.21. The van der Waals surface area contributed by atoms with E-state index in [1.807, 2.05) is 30.3 Å². The largest absolute Gasteiger partial charge is 0.459 e. The van der Waals surface area contributed by atoms with Gasteiger partial charge in [0.05, 0.1) is 6.61 Å². The van der Waals surface area contributed by atoms with E-state index >= 15 is 0 Å². The molecule has 2 aromatic rings. The van der Waals surface area contributed by atoms with Crippen LogP contribution in [0.5, 0.6) is 0 Å². The van der Waals surface area contributed by atoms with Gasteiger partial charge in [0.25, 0.3) is 0 Å². The average Bonchev–Trinajstić information content (AvgIpc) is 2.90. The van der Waals surface area contributed by atoms with Gasteiger partial charge in [-0.25, -0.2) is 4.79 Å². The number of carbonyl (C=O) groups excluding carboxylic acids is 2. The second-order valence-corrected chi connectivity index (χ2v) is 4.99. The summed E-state index contributed by atoms with van der Waals surface area (Å²) in [5.41, 5.74) is 6.54. The summed E-state index contributed by atoms with van der Waals surface area (Å²) in [6.45, 7) is 0.328. The third-order valence-corrected chi connectivity index (χ3v) is 3.31. The highest BCUT2D eigenvalue weighted by Gasteiger charge is 2.14. The van der Waals surface area contributed by atoms with Crippen LogP contribution < -0.4 is 5.73 Å². The molecule has 0 unspecified atom stereocenters. The molecule has 1 aromatic carbocycles. The van der Waals surface area contributed by atoms with Crippen molar-refractivity contribution in [3.05, 3.63) is 41.6 Å². The van der Waals surface area contributed by atoms with Crippen molar-refractivity contribution in [3.8, 4) is 6.07 Å². The van der Waals surface area contributed by atoms with Crippen LogP contribution in [0.25, 0.3) is 17.0 Å². The minimum atomic E-state index is -0.721. The van der Waals surface area contributed by atoms with Crippen molar-refractivity contribution in [2.45, 2.75) is 6.54 Å². The number of fused-ring (bicyclic) bond motifs is 1. The number of rotatable bonds is 7. The third kappa shape index (κ3) is 4.00.